The lowest BCUT2D eigenvalue weighted by molar-refractivity contribution is -0.121. The molecule has 1 saturated carbocycles. The van der Waals surface area contributed by atoms with Crippen LogP contribution < -0.4 is 5.73 Å². The number of hydrogen-bond acceptors (Lipinski definition) is 4. The molecule has 0 spiro atoms. The third-order valence-corrected chi connectivity index (χ3v) is 4.18. The topological polar surface area (TPSA) is 92.8 Å². The average Bonchev–Trinajstić information content (AvgIpc) is 2.37. The fourth-order valence-corrected chi connectivity index (χ4v) is 3.40. The van der Waals surface area contributed by atoms with Gasteiger partial charge >= 0.3 is 16.1 Å². The van der Waals surface area contributed by atoms with Crippen LogP contribution in [-0.4, -0.2) is 30.5 Å². The maximum atomic E-state index is 11.5. The lowest BCUT2D eigenvalue weighted by Crippen LogP contribution is -2.44. The highest BCUT2D eigenvalue weighted by Crippen LogP contribution is 2.27. The number of rotatable bonds is 1. The van der Waals surface area contributed by atoms with E-state index in [4.69, 9.17) is 5.73 Å². The van der Waals surface area contributed by atoms with E-state index in [2.05, 4.69) is 4.40 Å². The minimum atomic E-state index is -3.84. The second-order valence-electron chi connectivity index (χ2n) is 3.85. The van der Waals surface area contributed by atoms with Crippen LogP contribution >= 0.6 is 0 Å². The molecule has 1 amide bonds. The molecule has 1 aliphatic carbocycles. The van der Waals surface area contributed by atoms with E-state index in [9.17, 15) is 13.2 Å². The number of nitrogens with two attached hydrogens (primary N) is 1. The first kappa shape index (κ1) is 10.4. The van der Waals surface area contributed by atoms with Crippen LogP contribution in [0.2, 0.25) is 0 Å². The second-order valence-corrected chi connectivity index (χ2v) is 5.32. The summed E-state index contributed by atoms with van der Waals surface area (Å²) in [5, 5.41) is 0. The van der Waals surface area contributed by atoms with Gasteiger partial charge in [-0.05, 0) is 12.8 Å². The van der Waals surface area contributed by atoms with Gasteiger partial charge in [-0.3, -0.25) is 4.79 Å². The Morgan fingerprint density at radius 2 is 1.87 bits per heavy atom. The van der Waals surface area contributed by atoms with Gasteiger partial charge in [-0.2, -0.15) is 8.42 Å². The van der Waals surface area contributed by atoms with Crippen molar-refractivity contribution < 1.29 is 13.2 Å². The quantitative estimate of drug-likeness (QED) is 0.674. The molecule has 0 aromatic carbocycles. The van der Waals surface area contributed by atoms with Gasteiger partial charge in [0.05, 0.1) is 6.04 Å². The van der Waals surface area contributed by atoms with Gasteiger partial charge in [0.2, 0.25) is 5.84 Å². The molecular weight excluding hydrogens is 218 g/mol. The lowest BCUT2D eigenvalue weighted by Gasteiger charge is -2.28. The molecule has 0 saturated heterocycles. The average molecular weight is 231 g/mol. The Hall–Kier alpha value is -1.11. The summed E-state index contributed by atoms with van der Waals surface area (Å²) in [6, 6.07) is -0.249. The van der Waals surface area contributed by atoms with Crippen molar-refractivity contribution in [1.82, 2.24) is 4.31 Å². The molecule has 2 rings (SSSR count). The van der Waals surface area contributed by atoms with E-state index in [1.54, 1.807) is 0 Å². The molecule has 2 N–H and O–H groups in total. The summed E-state index contributed by atoms with van der Waals surface area (Å²) >= 11 is 0. The van der Waals surface area contributed by atoms with E-state index in [0.29, 0.717) is 12.8 Å². The fourth-order valence-electron chi connectivity index (χ4n) is 2.09. The summed E-state index contributed by atoms with van der Waals surface area (Å²) in [6.07, 6.45) is 4.42. The van der Waals surface area contributed by atoms with Crippen molar-refractivity contribution >= 4 is 22.0 Å². The minimum Gasteiger partial charge on any atom is -0.378 e. The van der Waals surface area contributed by atoms with E-state index >= 15 is 0 Å². The molecule has 1 heterocycles. The molecule has 0 aromatic rings. The van der Waals surface area contributed by atoms with E-state index in [1.807, 2.05) is 0 Å². The molecule has 7 heteroatoms. The first-order chi connectivity index (χ1) is 7.02. The number of hydrogen-bond donors (Lipinski definition) is 1. The van der Waals surface area contributed by atoms with E-state index in [0.717, 1.165) is 23.6 Å². The molecule has 0 radical (unpaired) electrons. The zero-order valence-electron chi connectivity index (χ0n) is 8.22. The highest BCUT2D eigenvalue weighted by atomic mass is 32.2. The van der Waals surface area contributed by atoms with E-state index in [-0.39, 0.29) is 6.04 Å². The highest BCUT2D eigenvalue weighted by Gasteiger charge is 2.41. The molecule has 1 fully saturated rings. The highest BCUT2D eigenvalue weighted by molar-refractivity contribution is 7.89. The van der Waals surface area contributed by atoms with Gasteiger partial charge in [0.1, 0.15) is 0 Å². The molecule has 84 valence electrons. The Bertz CT molecular complexity index is 409. The molecule has 1 aliphatic heterocycles. The Labute approximate surface area is 88.3 Å². The van der Waals surface area contributed by atoms with Crippen LogP contribution in [0, 0.1) is 0 Å². The largest absolute Gasteiger partial charge is 0.378 e. The number of amides is 1. The molecular formula is C8H13N3O3S. The third-order valence-electron chi connectivity index (χ3n) is 2.79. The minimum absolute atomic E-state index is 0.249. The van der Waals surface area contributed by atoms with Crippen LogP contribution in [0.5, 0.6) is 0 Å². The van der Waals surface area contributed by atoms with Gasteiger partial charge in [-0.25, -0.2) is 4.31 Å². The maximum Gasteiger partial charge on any atom is 0.349 e. The standard InChI is InChI=1S/C8H13N3O3S/c9-7-8(12)11(15(13,14)10-7)6-4-2-1-3-5-6/h6H,1-5H2,(H2,9,10). The van der Waals surface area contributed by atoms with Crippen molar-refractivity contribution in [2.45, 2.75) is 38.1 Å². The van der Waals surface area contributed by atoms with Crippen LogP contribution in [0.4, 0.5) is 0 Å². The normalized spacial score (nSPS) is 26.8. The van der Waals surface area contributed by atoms with Crippen molar-refractivity contribution in [2.75, 3.05) is 0 Å². The molecule has 0 unspecified atom stereocenters. The van der Waals surface area contributed by atoms with Crippen LogP contribution in [0.1, 0.15) is 32.1 Å². The molecule has 0 bridgehead atoms. The molecule has 6 nitrogen and oxygen atoms in total. The van der Waals surface area contributed by atoms with Gasteiger partial charge in [-0.15, -0.1) is 4.40 Å². The number of amidine groups is 1. The third kappa shape index (κ3) is 1.71. The molecule has 0 atom stereocenters. The Morgan fingerprint density at radius 3 is 2.33 bits per heavy atom. The maximum absolute atomic E-state index is 11.5. The summed E-state index contributed by atoms with van der Waals surface area (Å²) in [7, 11) is -3.84. The van der Waals surface area contributed by atoms with E-state index in [1.165, 1.54) is 0 Å². The first-order valence-electron chi connectivity index (χ1n) is 4.96. The van der Waals surface area contributed by atoms with Gasteiger partial charge in [0.15, 0.2) is 0 Å². The zero-order valence-corrected chi connectivity index (χ0v) is 9.03. The smallest absolute Gasteiger partial charge is 0.349 e. The van der Waals surface area contributed by atoms with Crippen LogP contribution in [0.3, 0.4) is 0 Å². The summed E-state index contributed by atoms with van der Waals surface area (Å²) in [5.74, 6) is -1.08. The predicted molar refractivity (Wildman–Crippen MR) is 54.3 cm³/mol. The van der Waals surface area contributed by atoms with Crippen molar-refractivity contribution in [3.8, 4) is 0 Å². The number of carbonyl (C=O) groups is 1. The predicted octanol–water partition coefficient (Wildman–Crippen LogP) is -0.237. The molecule has 0 aromatic heterocycles. The van der Waals surface area contributed by atoms with Gasteiger partial charge in [0.25, 0.3) is 0 Å². The second kappa shape index (κ2) is 3.48. The summed E-state index contributed by atoms with van der Waals surface area (Å²) in [6.45, 7) is 0. The number of carbonyl (C=O) groups excluding carboxylic acids is 1. The van der Waals surface area contributed by atoms with Crippen molar-refractivity contribution in [2.24, 2.45) is 10.1 Å². The van der Waals surface area contributed by atoms with Gasteiger partial charge in [0, 0.05) is 0 Å². The summed E-state index contributed by atoms with van der Waals surface area (Å²) < 4.78 is 27.1. The van der Waals surface area contributed by atoms with Gasteiger partial charge < -0.3 is 5.73 Å². The first-order valence-corrected chi connectivity index (χ1v) is 6.36. The Balaban J connectivity index is 2.26. The molecule has 15 heavy (non-hydrogen) atoms. The van der Waals surface area contributed by atoms with Crippen molar-refractivity contribution in [1.29, 1.82) is 0 Å². The SMILES string of the molecule is NC1=NS(=O)(=O)N(C2CCCCC2)C1=O. The lowest BCUT2D eigenvalue weighted by atomic mass is 9.95. The monoisotopic (exact) mass is 231 g/mol. The summed E-state index contributed by atoms with van der Waals surface area (Å²) in [5.41, 5.74) is 5.23. The van der Waals surface area contributed by atoms with Gasteiger partial charge in [-0.1, -0.05) is 19.3 Å². The Kier molecular flexibility index (Phi) is 2.41. The summed E-state index contributed by atoms with van der Waals surface area (Å²) in [4.78, 5) is 11.5. The fraction of sp³-hybridized carbons (Fsp3) is 0.750. The Morgan fingerprint density at radius 1 is 1.27 bits per heavy atom. The van der Waals surface area contributed by atoms with Crippen molar-refractivity contribution in [3.63, 3.8) is 0 Å². The van der Waals surface area contributed by atoms with Crippen LogP contribution in [0.15, 0.2) is 4.40 Å². The molecule has 2 aliphatic rings. The number of nitrogens with zero attached hydrogens (tertiary/aromatic N) is 2. The van der Waals surface area contributed by atoms with Crippen LogP contribution in [-0.2, 0) is 15.0 Å². The van der Waals surface area contributed by atoms with Crippen molar-refractivity contribution in [3.05, 3.63) is 0 Å². The van der Waals surface area contributed by atoms with E-state index < -0.39 is 22.0 Å². The zero-order chi connectivity index (χ0) is 11.1. The van der Waals surface area contributed by atoms with Crippen LogP contribution in [0.25, 0.3) is 0 Å².